The number of nitro benzene ring substituents is 1. The molecule has 0 radical (unpaired) electrons. The van der Waals surface area contributed by atoms with E-state index in [0.29, 0.717) is 25.3 Å². The monoisotopic (exact) mass is 389 g/mol. The second-order valence-electron chi connectivity index (χ2n) is 6.74. The Kier molecular flexibility index (Phi) is 5.76. The molecule has 1 fully saturated rings. The number of sulfonamides is 1. The smallest absolute Gasteiger partial charge is 0.293 e. The highest BCUT2D eigenvalue weighted by Crippen LogP contribution is 2.30. The van der Waals surface area contributed by atoms with Crippen LogP contribution in [-0.2, 0) is 10.0 Å². The Morgan fingerprint density at radius 2 is 1.81 bits per heavy atom. The van der Waals surface area contributed by atoms with Crippen LogP contribution in [0.3, 0.4) is 0 Å². The first kappa shape index (κ1) is 19.3. The first-order chi connectivity index (χ1) is 12.9. The Labute approximate surface area is 159 Å². The van der Waals surface area contributed by atoms with Crippen molar-refractivity contribution in [3.63, 3.8) is 0 Å². The van der Waals surface area contributed by atoms with Crippen LogP contribution in [0.1, 0.15) is 31.2 Å². The minimum absolute atomic E-state index is 0.0299. The molecule has 0 saturated carbocycles. The van der Waals surface area contributed by atoms with Crippen molar-refractivity contribution in [3.05, 3.63) is 64.2 Å². The van der Waals surface area contributed by atoms with Gasteiger partial charge < -0.3 is 5.32 Å². The maximum absolute atomic E-state index is 12.7. The van der Waals surface area contributed by atoms with Gasteiger partial charge in [-0.3, -0.25) is 10.1 Å². The van der Waals surface area contributed by atoms with Crippen LogP contribution >= 0.6 is 0 Å². The van der Waals surface area contributed by atoms with Gasteiger partial charge in [-0.25, -0.2) is 8.42 Å². The van der Waals surface area contributed by atoms with Crippen LogP contribution in [0.2, 0.25) is 0 Å². The van der Waals surface area contributed by atoms with E-state index in [-0.39, 0.29) is 16.5 Å². The molecule has 7 nitrogen and oxygen atoms in total. The molecule has 1 aliphatic rings. The zero-order chi connectivity index (χ0) is 19.4. The molecule has 2 aromatic rings. The van der Waals surface area contributed by atoms with Gasteiger partial charge in [-0.2, -0.15) is 4.31 Å². The average molecular weight is 389 g/mol. The lowest BCUT2D eigenvalue weighted by atomic mass is 10.0. The molecule has 27 heavy (non-hydrogen) atoms. The Morgan fingerprint density at radius 3 is 2.44 bits per heavy atom. The molecule has 1 heterocycles. The van der Waals surface area contributed by atoms with E-state index in [1.165, 1.54) is 16.4 Å². The molecule has 0 bridgehead atoms. The molecule has 1 N–H and O–H groups in total. The molecule has 0 spiro atoms. The summed E-state index contributed by atoms with van der Waals surface area (Å²) in [6.07, 6.45) is 1.64. The fraction of sp³-hybridized carbons (Fsp3) is 0.368. The fourth-order valence-corrected chi connectivity index (χ4v) is 4.75. The zero-order valence-electron chi connectivity index (χ0n) is 15.2. The van der Waals surface area contributed by atoms with Crippen LogP contribution in [-0.4, -0.2) is 37.3 Å². The number of anilines is 1. The van der Waals surface area contributed by atoms with Crippen molar-refractivity contribution in [2.45, 2.75) is 30.6 Å². The molecule has 1 saturated heterocycles. The summed E-state index contributed by atoms with van der Waals surface area (Å²) in [7, 11) is -3.68. The molecule has 1 aliphatic heterocycles. The number of hydrogen-bond acceptors (Lipinski definition) is 5. The average Bonchev–Trinajstić information content (AvgIpc) is 3.22. The van der Waals surface area contributed by atoms with Crippen molar-refractivity contribution in [1.82, 2.24) is 4.31 Å². The van der Waals surface area contributed by atoms with E-state index >= 15 is 0 Å². The minimum Gasteiger partial charge on any atom is -0.379 e. The van der Waals surface area contributed by atoms with Gasteiger partial charge in [-0.15, -0.1) is 0 Å². The summed E-state index contributed by atoms with van der Waals surface area (Å²) in [5.74, 6) is 0.152. The lowest BCUT2D eigenvalue weighted by molar-refractivity contribution is -0.384. The van der Waals surface area contributed by atoms with E-state index in [1.54, 1.807) is 0 Å². The predicted molar refractivity (Wildman–Crippen MR) is 104 cm³/mol. The number of nitrogens with zero attached hydrogens (tertiary/aromatic N) is 2. The third kappa shape index (κ3) is 4.28. The summed E-state index contributed by atoms with van der Waals surface area (Å²) in [5.41, 5.74) is 1.22. The molecule has 0 aromatic heterocycles. The Bertz CT molecular complexity index is 910. The highest BCUT2D eigenvalue weighted by Gasteiger charge is 2.29. The largest absolute Gasteiger partial charge is 0.379 e. The van der Waals surface area contributed by atoms with Crippen molar-refractivity contribution in [2.75, 3.05) is 25.0 Å². The lowest BCUT2D eigenvalue weighted by Gasteiger charge is -2.17. The van der Waals surface area contributed by atoms with Crippen LogP contribution in [0.15, 0.2) is 53.4 Å². The first-order valence-electron chi connectivity index (χ1n) is 8.97. The number of nitro groups is 1. The second-order valence-corrected chi connectivity index (χ2v) is 8.68. The summed E-state index contributed by atoms with van der Waals surface area (Å²) in [5, 5.41) is 14.6. The van der Waals surface area contributed by atoms with Gasteiger partial charge >= 0.3 is 0 Å². The highest BCUT2D eigenvalue weighted by molar-refractivity contribution is 7.89. The molecule has 0 aliphatic carbocycles. The van der Waals surface area contributed by atoms with E-state index in [0.717, 1.165) is 24.5 Å². The van der Waals surface area contributed by atoms with Gasteiger partial charge in [0.1, 0.15) is 5.69 Å². The lowest BCUT2D eigenvalue weighted by Crippen LogP contribution is -2.27. The first-order valence-corrected chi connectivity index (χ1v) is 10.4. The van der Waals surface area contributed by atoms with Crippen LogP contribution in [0.4, 0.5) is 11.4 Å². The van der Waals surface area contributed by atoms with Gasteiger partial charge in [0.2, 0.25) is 10.0 Å². The summed E-state index contributed by atoms with van der Waals surface area (Å²) in [6, 6.07) is 13.9. The quantitative estimate of drug-likeness (QED) is 0.577. The molecule has 8 heteroatoms. The Balaban J connectivity index is 1.81. The zero-order valence-corrected chi connectivity index (χ0v) is 16.0. The van der Waals surface area contributed by atoms with E-state index in [1.807, 2.05) is 37.3 Å². The molecule has 144 valence electrons. The van der Waals surface area contributed by atoms with E-state index in [9.17, 15) is 18.5 Å². The third-order valence-corrected chi connectivity index (χ3v) is 6.73. The van der Waals surface area contributed by atoms with Gasteiger partial charge in [-0.05, 0) is 36.5 Å². The van der Waals surface area contributed by atoms with Crippen molar-refractivity contribution >= 4 is 21.4 Å². The molecular weight excluding hydrogens is 366 g/mol. The van der Waals surface area contributed by atoms with Gasteiger partial charge in [-0.1, -0.05) is 37.3 Å². The van der Waals surface area contributed by atoms with E-state index in [2.05, 4.69) is 5.32 Å². The van der Waals surface area contributed by atoms with E-state index < -0.39 is 14.9 Å². The van der Waals surface area contributed by atoms with Gasteiger partial charge in [0.25, 0.3) is 5.69 Å². The Morgan fingerprint density at radius 1 is 1.15 bits per heavy atom. The second kappa shape index (κ2) is 8.06. The Hall–Kier alpha value is -2.45. The maximum atomic E-state index is 12.7. The van der Waals surface area contributed by atoms with Crippen LogP contribution < -0.4 is 5.32 Å². The molecular formula is C19H23N3O4S. The number of rotatable bonds is 7. The van der Waals surface area contributed by atoms with Crippen molar-refractivity contribution in [1.29, 1.82) is 0 Å². The highest BCUT2D eigenvalue weighted by atomic mass is 32.2. The minimum atomic E-state index is -3.68. The van der Waals surface area contributed by atoms with Crippen molar-refractivity contribution < 1.29 is 13.3 Å². The summed E-state index contributed by atoms with van der Waals surface area (Å²) in [4.78, 5) is 10.9. The number of benzene rings is 2. The normalized spacial score (nSPS) is 16.2. The van der Waals surface area contributed by atoms with Gasteiger partial charge in [0, 0.05) is 25.7 Å². The molecule has 2 aromatic carbocycles. The van der Waals surface area contributed by atoms with Crippen LogP contribution in [0.25, 0.3) is 0 Å². The molecule has 1 atom stereocenters. The van der Waals surface area contributed by atoms with Crippen molar-refractivity contribution in [3.8, 4) is 0 Å². The third-order valence-electron chi connectivity index (χ3n) is 4.84. The maximum Gasteiger partial charge on any atom is 0.293 e. The molecule has 0 amide bonds. The van der Waals surface area contributed by atoms with Gasteiger partial charge in [0.15, 0.2) is 0 Å². The molecule has 1 unspecified atom stereocenters. The summed E-state index contributed by atoms with van der Waals surface area (Å²) < 4.78 is 26.7. The van der Waals surface area contributed by atoms with Crippen LogP contribution in [0.5, 0.6) is 0 Å². The SMILES string of the molecule is CC(CNc1ccc(S(=O)(=O)N2CCCC2)cc1[N+](=O)[O-])c1ccccc1. The topological polar surface area (TPSA) is 92.6 Å². The van der Waals surface area contributed by atoms with Crippen molar-refractivity contribution in [2.24, 2.45) is 0 Å². The number of nitrogens with one attached hydrogen (secondary N) is 1. The fourth-order valence-electron chi connectivity index (χ4n) is 3.21. The van der Waals surface area contributed by atoms with Gasteiger partial charge in [0.05, 0.1) is 9.82 Å². The van der Waals surface area contributed by atoms with Crippen LogP contribution in [0, 0.1) is 10.1 Å². The number of hydrogen-bond donors (Lipinski definition) is 1. The van der Waals surface area contributed by atoms with E-state index in [4.69, 9.17) is 0 Å². The standard InChI is InChI=1S/C19H23N3O4S/c1-15(16-7-3-2-4-8-16)14-20-18-10-9-17(13-19(18)22(23)24)27(25,26)21-11-5-6-12-21/h2-4,7-10,13,15,20H,5-6,11-12,14H2,1H3. The summed E-state index contributed by atoms with van der Waals surface area (Å²) in [6.45, 7) is 3.46. The predicted octanol–water partition coefficient (Wildman–Crippen LogP) is 3.59. The molecule has 3 rings (SSSR count). The summed E-state index contributed by atoms with van der Waals surface area (Å²) >= 11 is 0.